The second-order valence-corrected chi connectivity index (χ2v) is 5.66. The number of rotatable bonds is 8. The van der Waals surface area contributed by atoms with Gasteiger partial charge in [0.1, 0.15) is 5.75 Å². The van der Waals surface area contributed by atoms with Crippen molar-refractivity contribution in [2.45, 2.75) is 6.92 Å². The fraction of sp³-hybridized carbons (Fsp3) is 0.250. The molecule has 28 heavy (non-hydrogen) atoms. The van der Waals surface area contributed by atoms with Crippen LogP contribution in [0.2, 0.25) is 0 Å². The van der Waals surface area contributed by atoms with E-state index >= 15 is 0 Å². The first-order valence-electron chi connectivity index (χ1n) is 8.27. The molecule has 2 aromatic rings. The number of benzene rings is 2. The Bertz CT molecular complexity index is 875. The Morgan fingerprint density at radius 3 is 2.07 bits per heavy atom. The van der Waals surface area contributed by atoms with Gasteiger partial charge in [0.2, 0.25) is 0 Å². The number of ether oxygens (including phenoxy) is 4. The standard InChI is InChI=1S/C20H21NO7/c1-12(22)13-5-7-14(8-6-13)28-11-19(23)21-16-10-18(26-3)17(25-2)9-15(16)20(24)27-4/h5-10H,11H2,1-4H3,(H,21,23). The van der Waals surface area contributed by atoms with E-state index in [1.807, 2.05) is 0 Å². The summed E-state index contributed by atoms with van der Waals surface area (Å²) in [5.41, 5.74) is 0.856. The van der Waals surface area contributed by atoms with Crippen LogP contribution in [-0.4, -0.2) is 45.6 Å². The number of ketones is 1. The Morgan fingerprint density at radius 2 is 1.54 bits per heavy atom. The number of Topliss-reactive ketones (excluding diaryl/α,β-unsaturated/α-hetero) is 1. The van der Waals surface area contributed by atoms with Crippen molar-refractivity contribution in [3.05, 3.63) is 47.5 Å². The highest BCUT2D eigenvalue weighted by Gasteiger charge is 2.19. The van der Waals surface area contributed by atoms with Crippen molar-refractivity contribution in [1.29, 1.82) is 0 Å². The van der Waals surface area contributed by atoms with Crippen LogP contribution in [0.3, 0.4) is 0 Å². The molecule has 0 aliphatic heterocycles. The fourth-order valence-electron chi connectivity index (χ4n) is 2.38. The molecule has 0 aliphatic rings. The van der Waals surface area contributed by atoms with E-state index in [9.17, 15) is 14.4 Å². The van der Waals surface area contributed by atoms with Crippen molar-refractivity contribution in [1.82, 2.24) is 0 Å². The molecule has 148 valence electrons. The molecule has 0 saturated heterocycles. The lowest BCUT2D eigenvalue weighted by Crippen LogP contribution is -2.22. The van der Waals surface area contributed by atoms with Crippen LogP contribution >= 0.6 is 0 Å². The Balaban J connectivity index is 2.13. The monoisotopic (exact) mass is 387 g/mol. The van der Waals surface area contributed by atoms with Crippen LogP contribution in [0.15, 0.2) is 36.4 Å². The highest BCUT2D eigenvalue weighted by Crippen LogP contribution is 2.33. The van der Waals surface area contributed by atoms with Gasteiger partial charge in [-0.1, -0.05) is 0 Å². The number of esters is 1. The summed E-state index contributed by atoms with van der Waals surface area (Å²) < 4.78 is 20.5. The second kappa shape index (κ2) is 9.40. The minimum atomic E-state index is -0.642. The maximum absolute atomic E-state index is 12.3. The van der Waals surface area contributed by atoms with Gasteiger partial charge in [-0.05, 0) is 31.2 Å². The van der Waals surface area contributed by atoms with Gasteiger partial charge in [0.05, 0.1) is 32.6 Å². The molecule has 0 aliphatic carbocycles. The van der Waals surface area contributed by atoms with Crippen molar-refractivity contribution in [3.63, 3.8) is 0 Å². The van der Waals surface area contributed by atoms with Gasteiger partial charge >= 0.3 is 5.97 Å². The number of hydrogen-bond acceptors (Lipinski definition) is 7. The first-order chi connectivity index (χ1) is 13.4. The van der Waals surface area contributed by atoms with Gasteiger partial charge in [0.25, 0.3) is 5.91 Å². The summed E-state index contributed by atoms with van der Waals surface area (Å²) in [6.07, 6.45) is 0. The number of methoxy groups -OCH3 is 3. The van der Waals surface area contributed by atoms with Gasteiger partial charge in [0, 0.05) is 17.7 Å². The molecule has 8 nitrogen and oxygen atoms in total. The molecule has 0 bridgehead atoms. The zero-order valence-electron chi connectivity index (χ0n) is 16.0. The molecule has 0 fully saturated rings. The van der Waals surface area contributed by atoms with Gasteiger partial charge < -0.3 is 24.3 Å². The molecule has 2 aromatic carbocycles. The Morgan fingerprint density at radius 1 is 0.929 bits per heavy atom. The predicted molar refractivity (Wildman–Crippen MR) is 101 cm³/mol. The van der Waals surface area contributed by atoms with Crippen LogP contribution in [0.4, 0.5) is 5.69 Å². The zero-order valence-corrected chi connectivity index (χ0v) is 16.0. The molecule has 0 heterocycles. The van der Waals surface area contributed by atoms with E-state index in [1.54, 1.807) is 24.3 Å². The van der Waals surface area contributed by atoms with Crippen molar-refractivity contribution in [2.24, 2.45) is 0 Å². The summed E-state index contributed by atoms with van der Waals surface area (Å²) in [6, 6.07) is 9.30. The van der Waals surface area contributed by atoms with Crippen LogP contribution in [0.25, 0.3) is 0 Å². The fourth-order valence-corrected chi connectivity index (χ4v) is 2.38. The number of carbonyl (C=O) groups excluding carboxylic acids is 3. The third-order valence-corrected chi connectivity index (χ3v) is 3.83. The molecule has 1 N–H and O–H groups in total. The lowest BCUT2D eigenvalue weighted by atomic mass is 10.1. The summed E-state index contributed by atoms with van der Waals surface area (Å²) in [4.78, 5) is 35.6. The topological polar surface area (TPSA) is 100 Å². The van der Waals surface area contributed by atoms with Crippen LogP contribution in [-0.2, 0) is 9.53 Å². The first kappa shape index (κ1) is 20.8. The maximum Gasteiger partial charge on any atom is 0.340 e. The van der Waals surface area contributed by atoms with Crippen LogP contribution < -0.4 is 19.5 Å². The number of nitrogens with one attached hydrogen (secondary N) is 1. The minimum Gasteiger partial charge on any atom is -0.493 e. The third kappa shape index (κ3) is 5.00. The second-order valence-electron chi connectivity index (χ2n) is 5.66. The minimum absolute atomic E-state index is 0.0620. The largest absolute Gasteiger partial charge is 0.493 e. The van der Waals surface area contributed by atoms with E-state index in [0.717, 1.165) is 0 Å². The summed E-state index contributed by atoms with van der Waals surface area (Å²) in [5.74, 6) is -0.104. The summed E-state index contributed by atoms with van der Waals surface area (Å²) >= 11 is 0. The van der Waals surface area contributed by atoms with Gasteiger partial charge in [-0.25, -0.2) is 4.79 Å². The molecule has 0 spiro atoms. The summed E-state index contributed by atoms with van der Waals surface area (Å²) in [6.45, 7) is 1.17. The molecule has 0 atom stereocenters. The van der Waals surface area contributed by atoms with E-state index < -0.39 is 11.9 Å². The molecule has 0 unspecified atom stereocenters. The van der Waals surface area contributed by atoms with Gasteiger partial charge in [-0.3, -0.25) is 9.59 Å². The third-order valence-electron chi connectivity index (χ3n) is 3.83. The first-order valence-corrected chi connectivity index (χ1v) is 8.27. The molecular formula is C20H21NO7. The average Bonchev–Trinajstić information content (AvgIpc) is 2.71. The van der Waals surface area contributed by atoms with Crippen molar-refractivity contribution in [3.8, 4) is 17.2 Å². The smallest absolute Gasteiger partial charge is 0.340 e. The van der Waals surface area contributed by atoms with E-state index in [-0.39, 0.29) is 23.6 Å². The van der Waals surface area contributed by atoms with Crippen molar-refractivity contribution < 1.29 is 33.3 Å². The van der Waals surface area contributed by atoms with Crippen LogP contribution in [0.5, 0.6) is 17.2 Å². The van der Waals surface area contributed by atoms with E-state index in [4.69, 9.17) is 18.9 Å². The van der Waals surface area contributed by atoms with E-state index in [1.165, 1.54) is 40.4 Å². The van der Waals surface area contributed by atoms with Gasteiger partial charge in [-0.2, -0.15) is 0 Å². The lowest BCUT2D eigenvalue weighted by molar-refractivity contribution is -0.118. The van der Waals surface area contributed by atoms with Crippen molar-refractivity contribution in [2.75, 3.05) is 33.3 Å². The lowest BCUT2D eigenvalue weighted by Gasteiger charge is -2.15. The molecule has 2 rings (SSSR count). The normalized spacial score (nSPS) is 10.0. The van der Waals surface area contributed by atoms with E-state index in [2.05, 4.69) is 5.32 Å². The molecule has 1 amide bonds. The Labute approximate surface area is 162 Å². The number of amides is 1. The van der Waals surface area contributed by atoms with E-state index in [0.29, 0.717) is 22.8 Å². The number of anilines is 1. The highest BCUT2D eigenvalue weighted by atomic mass is 16.5. The maximum atomic E-state index is 12.3. The summed E-state index contributed by atoms with van der Waals surface area (Å²) in [7, 11) is 4.11. The average molecular weight is 387 g/mol. The molecule has 0 saturated carbocycles. The predicted octanol–water partition coefficient (Wildman–Crippen LogP) is 2.71. The van der Waals surface area contributed by atoms with Crippen molar-refractivity contribution >= 4 is 23.3 Å². The molecule has 8 heteroatoms. The Kier molecular flexibility index (Phi) is 6.97. The van der Waals surface area contributed by atoms with Gasteiger partial charge in [0.15, 0.2) is 23.9 Å². The Hall–Kier alpha value is -3.55. The highest BCUT2D eigenvalue weighted by molar-refractivity contribution is 6.02. The molecule has 0 aromatic heterocycles. The van der Waals surface area contributed by atoms with Gasteiger partial charge in [-0.15, -0.1) is 0 Å². The number of carbonyl (C=O) groups is 3. The molecular weight excluding hydrogens is 366 g/mol. The quantitative estimate of drug-likeness (QED) is 0.549. The summed E-state index contributed by atoms with van der Waals surface area (Å²) in [5, 5.41) is 2.60. The molecule has 0 radical (unpaired) electrons. The zero-order chi connectivity index (χ0) is 20.7. The SMILES string of the molecule is COC(=O)c1cc(OC)c(OC)cc1NC(=O)COc1ccc(C(C)=O)cc1. The number of hydrogen-bond donors (Lipinski definition) is 1. The van der Waals surface area contributed by atoms with Crippen LogP contribution in [0.1, 0.15) is 27.6 Å². The van der Waals surface area contributed by atoms with Crippen LogP contribution in [0, 0.1) is 0 Å².